The first kappa shape index (κ1) is 13.5. The van der Waals surface area contributed by atoms with E-state index in [9.17, 15) is 9.59 Å². The van der Waals surface area contributed by atoms with Gasteiger partial charge in [0.2, 0.25) is 0 Å². The number of nitrogens with zero attached hydrogens (tertiary/aromatic N) is 2. The van der Waals surface area contributed by atoms with Crippen LogP contribution in [0.3, 0.4) is 0 Å². The summed E-state index contributed by atoms with van der Waals surface area (Å²) in [6.45, 7) is 2.88. The molecule has 0 aromatic heterocycles. The molecule has 6 nitrogen and oxygen atoms in total. The molecule has 110 valence electrons. The van der Waals surface area contributed by atoms with Crippen molar-refractivity contribution in [2.45, 2.75) is 0 Å². The zero-order chi connectivity index (χ0) is 15.0. The maximum atomic E-state index is 11.5. The Morgan fingerprint density at radius 1 is 1.05 bits per heavy atom. The van der Waals surface area contributed by atoms with Gasteiger partial charge >= 0.3 is 0 Å². The van der Waals surface area contributed by atoms with E-state index in [0.29, 0.717) is 18.8 Å². The van der Waals surface area contributed by atoms with Gasteiger partial charge in [-0.15, -0.1) is 0 Å². The van der Waals surface area contributed by atoms with Crippen molar-refractivity contribution in [2.75, 3.05) is 48.8 Å². The second-order valence-corrected chi connectivity index (χ2v) is 5.10. The number of hydrogen-bond donors (Lipinski definition) is 1. The molecule has 0 atom stereocenters. The van der Waals surface area contributed by atoms with Crippen molar-refractivity contribution in [3.8, 4) is 5.75 Å². The number of benzene rings is 1. The summed E-state index contributed by atoms with van der Waals surface area (Å²) in [4.78, 5) is 26.9. The zero-order valence-electron chi connectivity index (χ0n) is 11.8. The Balaban J connectivity index is 1.71. The molecule has 1 fully saturated rings. The van der Waals surface area contributed by atoms with Crippen molar-refractivity contribution in [3.05, 3.63) is 44.7 Å². The van der Waals surface area contributed by atoms with Gasteiger partial charge in [-0.05, 0) is 12.1 Å². The Bertz CT molecular complexity index is 726. The molecule has 0 aliphatic carbocycles. The van der Waals surface area contributed by atoms with Gasteiger partial charge in [0.1, 0.15) is 17.1 Å². The van der Waals surface area contributed by atoms with Crippen LogP contribution in [0, 0.1) is 0 Å². The fraction of sp³-hybridized carbons (Fsp3) is 0.333. The first-order chi connectivity index (χ1) is 10.1. The molecule has 6 heteroatoms. The van der Waals surface area contributed by atoms with E-state index in [0.717, 1.165) is 24.5 Å². The maximum Gasteiger partial charge on any atom is 0.253 e. The van der Waals surface area contributed by atoms with Gasteiger partial charge in [-0.3, -0.25) is 9.59 Å². The summed E-state index contributed by atoms with van der Waals surface area (Å²) in [5.41, 5.74) is 6.19. The predicted octanol–water partition coefficient (Wildman–Crippen LogP) is 0.200. The van der Waals surface area contributed by atoms with Crippen LogP contribution >= 0.6 is 0 Å². The van der Waals surface area contributed by atoms with Crippen LogP contribution in [0.2, 0.25) is 0 Å². The Morgan fingerprint density at radius 3 is 2.33 bits per heavy atom. The molecule has 1 heterocycles. The first-order valence-corrected chi connectivity index (χ1v) is 6.84. The number of anilines is 3. The highest BCUT2D eigenvalue weighted by atomic mass is 16.5. The lowest BCUT2D eigenvalue weighted by Gasteiger charge is -2.37. The second kappa shape index (κ2) is 5.12. The molecule has 0 unspecified atom stereocenters. The second-order valence-electron chi connectivity index (χ2n) is 5.10. The molecule has 1 aliphatic rings. The predicted molar refractivity (Wildman–Crippen MR) is 83.2 cm³/mol. The molecule has 0 saturated carbocycles. The molecular formula is C15H17N3O3. The van der Waals surface area contributed by atoms with E-state index < -0.39 is 10.9 Å². The largest absolute Gasteiger partial charge is 0.497 e. The van der Waals surface area contributed by atoms with Gasteiger partial charge in [-0.1, -0.05) is 6.07 Å². The van der Waals surface area contributed by atoms with Gasteiger partial charge < -0.3 is 20.3 Å². The van der Waals surface area contributed by atoms with Crippen LogP contribution in [0.1, 0.15) is 0 Å². The van der Waals surface area contributed by atoms with E-state index in [1.54, 1.807) is 7.11 Å². The summed E-state index contributed by atoms with van der Waals surface area (Å²) in [5, 5.41) is 0. The highest BCUT2D eigenvalue weighted by Gasteiger charge is 2.26. The smallest absolute Gasteiger partial charge is 0.253 e. The number of hydrogen-bond acceptors (Lipinski definition) is 6. The van der Waals surface area contributed by atoms with Crippen molar-refractivity contribution in [2.24, 2.45) is 0 Å². The molecule has 2 N–H and O–H groups in total. The number of rotatable bonds is 3. The Labute approximate surface area is 122 Å². The summed E-state index contributed by atoms with van der Waals surface area (Å²) >= 11 is 0. The fourth-order valence-electron chi connectivity index (χ4n) is 2.71. The van der Waals surface area contributed by atoms with E-state index in [2.05, 4.69) is 4.90 Å². The fourth-order valence-corrected chi connectivity index (χ4v) is 2.71. The van der Waals surface area contributed by atoms with Crippen molar-refractivity contribution >= 4 is 17.1 Å². The quantitative estimate of drug-likeness (QED) is 0.813. The Hall–Kier alpha value is -2.50. The van der Waals surface area contributed by atoms with Crippen LogP contribution in [0.15, 0.2) is 33.9 Å². The van der Waals surface area contributed by atoms with Crippen molar-refractivity contribution in [1.82, 2.24) is 0 Å². The van der Waals surface area contributed by atoms with E-state index in [1.807, 2.05) is 29.2 Å². The maximum absolute atomic E-state index is 11.5. The Kier molecular flexibility index (Phi) is 3.29. The van der Waals surface area contributed by atoms with Gasteiger partial charge in [-0.25, -0.2) is 0 Å². The third kappa shape index (κ3) is 2.22. The summed E-state index contributed by atoms with van der Waals surface area (Å²) in [6, 6.07) is 7.88. The average Bonchev–Trinajstić information content (AvgIpc) is 2.55. The molecule has 3 rings (SSSR count). The standard InChI is InChI=1S/C15H17N3O3/c1-21-11-4-2-3-10(9-11)17-5-7-18(8-6-17)13-12(16)14(19)15(13)20/h2-4,9H,5-8,16H2,1H3. The molecule has 0 amide bonds. The number of piperazine rings is 1. The highest BCUT2D eigenvalue weighted by Crippen LogP contribution is 2.24. The van der Waals surface area contributed by atoms with Crippen molar-refractivity contribution < 1.29 is 4.74 Å². The van der Waals surface area contributed by atoms with Gasteiger partial charge in [0, 0.05) is 37.9 Å². The number of nitrogens with two attached hydrogens (primary N) is 1. The van der Waals surface area contributed by atoms with E-state index in [4.69, 9.17) is 10.5 Å². The minimum absolute atomic E-state index is 0.106. The molecule has 1 aliphatic heterocycles. The van der Waals surface area contributed by atoms with Crippen LogP contribution in [-0.2, 0) is 0 Å². The lowest BCUT2D eigenvalue weighted by molar-refractivity contribution is 0.414. The monoisotopic (exact) mass is 287 g/mol. The van der Waals surface area contributed by atoms with Gasteiger partial charge in [0.15, 0.2) is 0 Å². The minimum atomic E-state index is -0.555. The molecule has 2 aromatic carbocycles. The van der Waals surface area contributed by atoms with Crippen LogP contribution in [-0.4, -0.2) is 33.3 Å². The molecule has 2 aromatic rings. The summed E-state index contributed by atoms with van der Waals surface area (Å²) in [5.74, 6) is 0.821. The van der Waals surface area contributed by atoms with Gasteiger partial charge in [0.05, 0.1) is 7.11 Å². The van der Waals surface area contributed by atoms with Gasteiger partial charge in [-0.2, -0.15) is 0 Å². The molecule has 1 saturated heterocycles. The van der Waals surface area contributed by atoms with Crippen molar-refractivity contribution in [1.29, 1.82) is 0 Å². The SMILES string of the molecule is COc1cccc(N2CCN(c3c(N)c(=O)c3=O)CC2)c1. The molecular weight excluding hydrogens is 270 g/mol. The number of nitrogen functional groups attached to an aromatic ring is 1. The van der Waals surface area contributed by atoms with Crippen LogP contribution in [0.25, 0.3) is 0 Å². The topological polar surface area (TPSA) is 75.9 Å². The molecule has 0 radical (unpaired) electrons. The summed E-state index contributed by atoms with van der Waals surface area (Å²) in [7, 11) is 1.64. The van der Waals surface area contributed by atoms with Crippen LogP contribution < -0.4 is 31.1 Å². The molecule has 0 spiro atoms. The number of ether oxygens (including phenoxy) is 1. The third-order valence-corrected chi connectivity index (χ3v) is 3.94. The number of methoxy groups -OCH3 is 1. The molecule has 21 heavy (non-hydrogen) atoms. The summed E-state index contributed by atoms with van der Waals surface area (Å²) < 4.78 is 5.23. The zero-order valence-corrected chi connectivity index (χ0v) is 11.8. The minimum Gasteiger partial charge on any atom is -0.497 e. The Morgan fingerprint density at radius 2 is 1.71 bits per heavy atom. The molecule has 0 bridgehead atoms. The third-order valence-electron chi connectivity index (χ3n) is 3.94. The van der Waals surface area contributed by atoms with Gasteiger partial charge in [0.25, 0.3) is 10.9 Å². The van der Waals surface area contributed by atoms with E-state index in [1.165, 1.54) is 0 Å². The highest BCUT2D eigenvalue weighted by molar-refractivity contribution is 5.73. The van der Waals surface area contributed by atoms with Crippen LogP contribution in [0.4, 0.5) is 17.1 Å². The average molecular weight is 287 g/mol. The lowest BCUT2D eigenvalue weighted by Crippen LogP contribution is -2.51. The lowest BCUT2D eigenvalue weighted by atomic mass is 10.1. The van der Waals surface area contributed by atoms with E-state index in [-0.39, 0.29) is 5.69 Å². The van der Waals surface area contributed by atoms with Crippen LogP contribution in [0.5, 0.6) is 5.75 Å². The summed E-state index contributed by atoms with van der Waals surface area (Å²) in [6.07, 6.45) is 0. The first-order valence-electron chi connectivity index (χ1n) is 6.84. The van der Waals surface area contributed by atoms with E-state index >= 15 is 0 Å². The normalized spacial score (nSPS) is 15.5. The van der Waals surface area contributed by atoms with Crippen molar-refractivity contribution in [3.63, 3.8) is 0 Å².